The van der Waals surface area contributed by atoms with E-state index in [0.29, 0.717) is 5.56 Å². The van der Waals surface area contributed by atoms with Gasteiger partial charge in [0.05, 0.1) is 18.8 Å². The largest absolute Gasteiger partial charge is 0.505 e. The van der Waals surface area contributed by atoms with Crippen molar-refractivity contribution in [2.75, 3.05) is 18.4 Å². The van der Waals surface area contributed by atoms with Crippen LogP contribution in [0.5, 0.6) is 5.75 Å². The maximum Gasteiger partial charge on any atom is 0.401 e. The highest BCUT2D eigenvalue weighted by Crippen LogP contribution is 2.26. The lowest BCUT2D eigenvalue weighted by atomic mass is 10.2. The molecule has 0 atom stereocenters. The minimum Gasteiger partial charge on any atom is -0.505 e. The van der Waals surface area contributed by atoms with Crippen molar-refractivity contribution in [3.8, 4) is 5.75 Å². The van der Waals surface area contributed by atoms with Gasteiger partial charge >= 0.3 is 6.18 Å². The van der Waals surface area contributed by atoms with Gasteiger partial charge in [0.2, 0.25) is 5.91 Å². The zero-order valence-corrected chi connectivity index (χ0v) is 9.64. The number of anilines is 1. The van der Waals surface area contributed by atoms with Crippen LogP contribution < -0.4 is 10.6 Å². The van der Waals surface area contributed by atoms with Crippen molar-refractivity contribution in [1.29, 1.82) is 0 Å². The fraction of sp³-hybridized carbons (Fsp3) is 0.364. The number of hydrogen-bond donors (Lipinski definition) is 3. The molecule has 100 valence electrons. The molecule has 0 fully saturated rings. The van der Waals surface area contributed by atoms with Crippen molar-refractivity contribution in [1.82, 2.24) is 5.32 Å². The topological polar surface area (TPSA) is 61.4 Å². The summed E-state index contributed by atoms with van der Waals surface area (Å²) < 4.78 is 35.4. The van der Waals surface area contributed by atoms with E-state index in [1.165, 1.54) is 6.07 Å². The molecular formula is C11H13F3N2O2. The Hall–Kier alpha value is -1.76. The molecule has 3 N–H and O–H groups in total. The van der Waals surface area contributed by atoms with E-state index in [1.807, 2.05) is 5.32 Å². The number of carbonyl (C=O) groups is 1. The van der Waals surface area contributed by atoms with Crippen molar-refractivity contribution >= 4 is 11.6 Å². The Kier molecular flexibility index (Phi) is 4.55. The van der Waals surface area contributed by atoms with Crippen LogP contribution in [-0.4, -0.2) is 30.3 Å². The molecular weight excluding hydrogens is 249 g/mol. The minimum atomic E-state index is -4.36. The molecule has 0 heterocycles. The first kappa shape index (κ1) is 14.3. The number of hydrogen-bond acceptors (Lipinski definition) is 3. The zero-order valence-electron chi connectivity index (χ0n) is 9.64. The van der Waals surface area contributed by atoms with Crippen molar-refractivity contribution in [3.63, 3.8) is 0 Å². The first-order valence-electron chi connectivity index (χ1n) is 5.15. The van der Waals surface area contributed by atoms with Crippen molar-refractivity contribution in [3.05, 3.63) is 23.8 Å². The quantitative estimate of drug-likeness (QED) is 0.725. The molecule has 1 aromatic carbocycles. The van der Waals surface area contributed by atoms with Gasteiger partial charge in [0.15, 0.2) is 0 Å². The third kappa shape index (κ3) is 4.62. The molecule has 1 amide bonds. The van der Waals surface area contributed by atoms with Crippen LogP contribution in [0.1, 0.15) is 5.56 Å². The average Bonchev–Trinajstić information content (AvgIpc) is 2.23. The Morgan fingerprint density at radius 2 is 2.06 bits per heavy atom. The standard InChI is InChI=1S/C11H13F3N2O2/c1-7-3-2-4-8(10(7)18)16-9(17)5-15-6-11(12,13)14/h2-4,15,18H,5-6H2,1H3,(H,16,17). The smallest absolute Gasteiger partial charge is 0.401 e. The summed E-state index contributed by atoms with van der Waals surface area (Å²) in [4.78, 5) is 11.3. The zero-order chi connectivity index (χ0) is 13.8. The second-order valence-corrected chi connectivity index (χ2v) is 3.74. The highest BCUT2D eigenvalue weighted by Gasteiger charge is 2.26. The number of aromatic hydroxyl groups is 1. The first-order valence-corrected chi connectivity index (χ1v) is 5.15. The van der Waals surface area contributed by atoms with Crippen molar-refractivity contribution in [2.24, 2.45) is 0 Å². The molecule has 0 radical (unpaired) electrons. The number of halogens is 3. The molecule has 4 nitrogen and oxygen atoms in total. The number of amides is 1. The maximum absolute atomic E-state index is 11.8. The van der Waals surface area contributed by atoms with Crippen LogP contribution >= 0.6 is 0 Å². The van der Waals surface area contributed by atoms with Crippen LogP contribution in [0.2, 0.25) is 0 Å². The number of benzene rings is 1. The van der Waals surface area contributed by atoms with E-state index in [4.69, 9.17) is 0 Å². The van der Waals surface area contributed by atoms with Crippen LogP contribution in [0, 0.1) is 6.92 Å². The SMILES string of the molecule is Cc1cccc(NC(=O)CNCC(F)(F)F)c1O. The van der Waals surface area contributed by atoms with Gasteiger partial charge in [-0.1, -0.05) is 12.1 Å². The molecule has 0 bridgehead atoms. The minimum absolute atomic E-state index is 0.0957. The number of phenolic OH excluding ortho intramolecular Hbond substituents is 1. The molecule has 0 aliphatic heterocycles. The molecule has 18 heavy (non-hydrogen) atoms. The third-order valence-corrected chi connectivity index (χ3v) is 2.12. The van der Waals surface area contributed by atoms with Gasteiger partial charge in [0, 0.05) is 0 Å². The van der Waals surface area contributed by atoms with E-state index in [9.17, 15) is 23.1 Å². The molecule has 0 spiro atoms. The predicted molar refractivity (Wildman–Crippen MR) is 60.4 cm³/mol. The van der Waals surface area contributed by atoms with Crippen molar-refractivity contribution < 1.29 is 23.1 Å². The summed E-state index contributed by atoms with van der Waals surface area (Å²) in [6.07, 6.45) is -4.36. The molecule has 0 aromatic heterocycles. The second kappa shape index (κ2) is 5.72. The number of alkyl halides is 3. The second-order valence-electron chi connectivity index (χ2n) is 3.74. The molecule has 1 rings (SSSR count). The van der Waals surface area contributed by atoms with Gasteiger partial charge in [-0.05, 0) is 18.6 Å². The van der Waals surface area contributed by atoms with E-state index in [2.05, 4.69) is 5.32 Å². The van der Waals surface area contributed by atoms with Gasteiger partial charge in [-0.3, -0.25) is 4.79 Å². The normalized spacial score (nSPS) is 11.3. The average molecular weight is 262 g/mol. The Morgan fingerprint density at radius 1 is 1.39 bits per heavy atom. The summed E-state index contributed by atoms with van der Waals surface area (Å²) in [5, 5.41) is 13.9. The van der Waals surface area contributed by atoms with Crippen LogP contribution in [0.4, 0.5) is 18.9 Å². The summed E-state index contributed by atoms with van der Waals surface area (Å²) in [5.74, 6) is -0.748. The van der Waals surface area contributed by atoms with Crippen LogP contribution in [-0.2, 0) is 4.79 Å². The van der Waals surface area contributed by atoms with Gasteiger partial charge in [-0.2, -0.15) is 13.2 Å². The van der Waals surface area contributed by atoms with E-state index >= 15 is 0 Å². The highest BCUT2D eigenvalue weighted by atomic mass is 19.4. The lowest BCUT2D eigenvalue weighted by Crippen LogP contribution is -2.35. The van der Waals surface area contributed by atoms with E-state index in [-0.39, 0.29) is 11.4 Å². The molecule has 0 saturated carbocycles. The molecule has 0 saturated heterocycles. The van der Waals surface area contributed by atoms with Crippen LogP contribution in [0.25, 0.3) is 0 Å². The number of carbonyl (C=O) groups excluding carboxylic acids is 1. The number of rotatable bonds is 4. The first-order chi connectivity index (χ1) is 8.29. The molecule has 0 unspecified atom stereocenters. The number of aryl methyl sites for hydroxylation is 1. The van der Waals surface area contributed by atoms with Crippen LogP contribution in [0.3, 0.4) is 0 Å². The molecule has 7 heteroatoms. The summed E-state index contributed by atoms with van der Waals surface area (Å²) in [6.45, 7) is -0.0694. The van der Waals surface area contributed by atoms with E-state index in [1.54, 1.807) is 19.1 Å². The molecule has 1 aromatic rings. The summed E-state index contributed by atoms with van der Waals surface area (Å²) in [6, 6.07) is 4.73. The Morgan fingerprint density at radius 3 is 2.67 bits per heavy atom. The van der Waals surface area contributed by atoms with Gasteiger partial charge < -0.3 is 15.7 Å². The predicted octanol–water partition coefficient (Wildman–Crippen LogP) is 1.79. The third-order valence-electron chi connectivity index (χ3n) is 2.12. The Bertz CT molecular complexity index is 433. The Balaban J connectivity index is 2.48. The lowest BCUT2D eigenvalue weighted by Gasteiger charge is -2.10. The van der Waals surface area contributed by atoms with Gasteiger partial charge in [0.25, 0.3) is 0 Å². The van der Waals surface area contributed by atoms with E-state index < -0.39 is 25.2 Å². The summed E-state index contributed by atoms with van der Waals surface area (Å²) in [5.41, 5.74) is 0.741. The lowest BCUT2D eigenvalue weighted by molar-refractivity contribution is -0.126. The highest BCUT2D eigenvalue weighted by molar-refractivity contribution is 5.93. The van der Waals surface area contributed by atoms with Gasteiger partial charge in [-0.15, -0.1) is 0 Å². The van der Waals surface area contributed by atoms with E-state index in [0.717, 1.165) is 0 Å². The number of nitrogens with one attached hydrogen (secondary N) is 2. The van der Waals surface area contributed by atoms with Gasteiger partial charge in [-0.25, -0.2) is 0 Å². The fourth-order valence-corrected chi connectivity index (χ4v) is 1.27. The van der Waals surface area contributed by atoms with Crippen LogP contribution in [0.15, 0.2) is 18.2 Å². The van der Waals surface area contributed by atoms with Gasteiger partial charge in [0.1, 0.15) is 5.75 Å². The molecule has 0 aliphatic carbocycles. The summed E-state index contributed by atoms with van der Waals surface area (Å²) >= 11 is 0. The number of para-hydroxylation sites is 1. The monoisotopic (exact) mass is 262 g/mol. The fourth-order valence-electron chi connectivity index (χ4n) is 1.27. The summed E-state index contributed by atoms with van der Waals surface area (Å²) in [7, 11) is 0. The van der Waals surface area contributed by atoms with Crippen molar-refractivity contribution in [2.45, 2.75) is 13.1 Å². The number of phenols is 1. The Labute approximate surface area is 102 Å². The maximum atomic E-state index is 11.8. The molecule has 0 aliphatic rings.